The van der Waals surface area contributed by atoms with Gasteiger partial charge in [-0.15, -0.1) is 12.4 Å². The number of hydrogen-bond acceptors (Lipinski definition) is 3. The lowest BCUT2D eigenvalue weighted by Gasteiger charge is -2.23. The number of carbonyl (C=O) groups excluding carboxylic acids is 1. The summed E-state index contributed by atoms with van der Waals surface area (Å²) in [6.45, 7) is 3.31. The maximum absolute atomic E-state index is 12.5. The van der Waals surface area contributed by atoms with Crippen LogP contribution in [-0.4, -0.2) is 36.0 Å². The van der Waals surface area contributed by atoms with Gasteiger partial charge in [0.25, 0.3) is 5.91 Å². The second-order valence-corrected chi connectivity index (χ2v) is 7.06. The minimum Gasteiger partial charge on any atom is -0.481 e. The molecule has 0 radical (unpaired) electrons. The van der Waals surface area contributed by atoms with E-state index in [1.165, 1.54) is 0 Å². The minimum atomic E-state index is -0.549. The first-order valence-electron chi connectivity index (χ1n) is 7.62. The quantitative estimate of drug-likeness (QED) is 0.876. The molecule has 1 saturated heterocycles. The number of carbonyl (C=O) groups is 1. The lowest BCUT2D eigenvalue weighted by Crippen LogP contribution is -2.40. The van der Waals surface area contributed by atoms with Crippen LogP contribution < -0.4 is 10.5 Å². The Morgan fingerprint density at radius 3 is 2.70 bits per heavy atom. The monoisotopic (exact) mass is 378 g/mol. The largest absolute Gasteiger partial charge is 0.481 e. The molecule has 2 N–H and O–H groups in total. The molecule has 4 nitrogen and oxygen atoms in total. The highest BCUT2D eigenvalue weighted by Crippen LogP contribution is 2.37. The van der Waals surface area contributed by atoms with Gasteiger partial charge in [-0.05, 0) is 43.7 Å². The van der Waals surface area contributed by atoms with Crippen molar-refractivity contribution >= 4 is 41.5 Å². The molecule has 0 aromatic heterocycles. The van der Waals surface area contributed by atoms with E-state index in [-0.39, 0.29) is 24.4 Å². The highest BCUT2D eigenvalue weighted by Gasteiger charge is 2.43. The van der Waals surface area contributed by atoms with Crippen molar-refractivity contribution in [3.63, 3.8) is 0 Å². The van der Waals surface area contributed by atoms with Crippen molar-refractivity contribution in [1.82, 2.24) is 4.90 Å². The molecule has 3 rings (SSSR count). The number of likely N-dealkylation sites (tertiary alicyclic amines) is 1. The molecule has 1 aromatic rings. The first-order chi connectivity index (χ1) is 10.5. The summed E-state index contributed by atoms with van der Waals surface area (Å²) < 4.78 is 5.71. The average molecular weight is 380 g/mol. The number of hydrogen-bond donors (Lipinski definition) is 1. The van der Waals surface area contributed by atoms with Crippen molar-refractivity contribution in [2.75, 3.05) is 13.1 Å². The van der Waals surface area contributed by atoms with Crippen LogP contribution in [0.15, 0.2) is 18.2 Å². The molecule has 2 fully saturated rings. The molecule has 1 heterocycles. The third-order valence-electron chi connectivity index (χ3n) is 4.78. The molecule has 1 aliphatic heterocycles. The van der Waals surface area contributed by atoms with Gasteiger partial charge in [0.05, 0.1) is 10.0 Å². The van der Waals surface area contributed by atoms with Gasteiger partial charge in [-0.25, -0.2) is 0 Å². The molecule has 1 amide bonds. The van der Waals surface area contributed by atoms with E-state index in [9.17, 15) is 4.79 Å². The molecule has 4 unspecified atom stereocenters. The Morgan fingerprint density at radius 1 is 1.30 bits per heavy atom. The molecule has 4 atom stereocenters. The topological polar surface area (TPSA) is 55.6 Å². The summed E-state index contributed by atoms with van der Waals surface area (Å²) in [7, 11) is 0. The Kier molecular flexibility index (Phi) is 6.06. The number of fused-ring (bicyclic) bond motifs is 1. The highest BCUT2D eigenvalue weighted by atomic mass is 35.5. The maximum Gasteiger partial charge on any atom is 0.263 e. The van der Waals surface area contributed by atoms with Crippen LogP contribution in [0.25, 0.3) is 0 Å². The molecule has 1 saturated carbocycles. The van der Waals surface area contributed by atoms with Gasteiger partial charge in [0.1, 0.15) is 5.75 Å². The molecular weight excluding hydrogens is 359 g/mol. The fraction of sp³-hybridized carbons (Fsp3) is 0.562. The Hall–Kier alpha value is -0.680. The van der Waals surface area contributed by atoms with Crippen LogP contribution in [0.5, 0.6) is 5.75 Å². The van der Waals surface area contributed by atoms with Crippen LogP contribution in [0.4, 0.5) is 0 Å². The smallest absolute Gasteiger partial charge is 0.263 e. The Balaban J connectivity index is 0.00000192. The molecular formula is C16H21Cl3N2O2. The molecule has 128 valence electrons. The molecule has 2 aliphatic rings. The summed E-state index contributed by atoms with van der Waals surface area (Å²) in [4.78, 5) is 14.4. The second kappa shape index (κ2) is 7.47. The van der Waals surface area contributed by atoms with E-state index in [1.807, 2.05) is 4.90 Å². The van der Waals surface area contributed by atoms with E-state index in [1.54, 1.807) is 25.1 Å². The van der Waals surface area contributed by atoms with Gasteiger partial charge in [-0.1, -0.05) is 23.2 Å². The lowest BCUT2D eigenvalue weighted by molar-refractivity contribution is -0.137. The second-order valence-electron chi connectivity index (χ2n) is 6.24. The fourth-order valence-corrected chi connectivity index (χ4v) is 3.84. The Morgan fingerprint density at radius 2 is 2.04 bits per heavy atom. The van der Waals surface area contributed by atoms with Gasteiger partial charge in [0.2, 0.25) is 0 Å². The minimum absolute atomic E-state index is 0. The van der Waals surface area contributed by atoms with E-state index in [0.717, 1.165) is 25.9 Å². The zero-order valence-electron chi connectivity index (χ0n) is 12.9. The first-order valence-corrected chi connectivity index (χ1v) is 8.37. The van der Waals surface area contributed by atoms with E-state index in [0.29, 0.717) is 27.6 Å². The van der Waals surface area contributed by atoms with Crippen LogP contribution >= 0.6 is 35.6 Å². The number of nitrogens with two attached hydrogens (primary N) is 1. The van der Waals surface area contributed by atoms with Crippen molar-refractivity contribution in [1.29, 1.82) is 0 Å². The first kappa shape index (κ1) is 18.7. The molecule has 1 aliphatic carbocycles. The standard InChI is InChI=1S/C16H20Cl2N2O2.ClH/c1-9(22-11-3-4-13(17)14(18)6-11)16(21)20-7-10-2-5-15(19)12(10)8-20;/h3-4,6,9-10,12,15H,2,5,7-8,19H2,1H3;1H. The normalized spacial score (nSPS) is 27.3. The Labute approximate surface area is 152 Å². The number of nitrogens with zero attached hydrogens (tertiary/aromatic N) is 1. The van der Waals surface area contributed by atoms with Gasteiger partial charge < -0.3 is 15.4 Å². The summed E-state index contributed by atoms with van der Waals surface area (Å²) >= 11 is 11.8. The molecule has 7 heteroatoms. The van der Waals surface area contributed by atoms with Gasteiger partial charge in [-0.3, -0.25) is 4.79 Å². The zero-order valence-corrected chi connectivity index (χ0v) is 15.2. The van der Waals surface area contributed by atoms with Crippen LogP contribution in [0.1, 0.15) is 19.8 Å². The van der Waals surface area contributed by atoms with Gasteiger partial charge >= 0.3 is 0 Å². The summed E-state index contributed by atoms with van der Waals surface area (Å²) in [6, 6.07) is 5.24. The van der Waals surface area contributed by atoms with Crippen molar-refractivity contribution < 1.29 is 9.53 Å². The predicted molar refractivity (Wildman–Crippen MR) is 94.6 cm³/mol. The van der Waals surface area contributed by atoms with Crippen molar-refractivity contribution in [2.24, 2.45) is 17.6 Å². The summed E-state index contributed by atoms with van der Waals surface area (Å²) in [5.41, 5.74) is 6.12. The van der Waals surface area contributed by atoms with E-state index < -0.39 is 6.10 Å². The van der Waals surface area contributed by atoms with Crippen molar-refractivity contribution in [3.8, 4) is 5.75 Å². The summed E-state index contributed by atoms with van der Waals surface area (Å²) in [6.07, 6.45) is 1.65. The van der Waals surface area contributed by atoms with E-state index in [4.69, 9.17) is 33.7 Å². The average Bonchev–Trinajstić information content (AvgIpc) is 3.05. The number of halogens is 3. The van der Waals surface area contributed by atoms with Crippen LogP contribution in [0.2, 0.25) is 10.0 Å². The maximum atomic E-state index is 12.5. The number of amides is 1. The Bertz CT molecular complexity index is 584. The zero-order chi connectivity index (χ0) is 15.9. The molecule has 1 aromatic carbocycles. The van der Waals surface area contributed by atoms with Crippen molar-refractivity contribution in [3.05, 3.63) is 28.2 Å². The highest BCUT2D eigenvalue weighted by molar-refractivity contribution is 6.42. The lowest BCUT2D eigenvalue weighted by atomic mass is 9.98. The number of ether oxygens (including phenoxy) is 1. The van der Waals surface area contributed by atoms with E-state index in [2.05, 4.69) is 0 Å². The third kappa shape index (κ3) is 3.87. The number of benzene rings is 1. The predicted octanol–water partition coefficient (Wildman–Crippen LogP) is 3.38. The fourth-order valence-electron chi connectivity index (χ4n) is 3.55. The molecule has 0 spiro atoms. The van der Waals surface area contributed by atoms with Crippen LogP contribution in [-0.2, 0) is 4.79 Å². The van der Waals surface area contributed by atoms with Crippen LogP contribution in [0, 0.1) is 11.8 Å². The summed E-state index contributed by atoms with van der Waals surface area (Å²) in [5.74, 6) is 1.55. The summed E-state index contributed by atoms with van der Waals surface area (Å²) in [5, 5.41) is 0.884. The van der Waals surface area contributed by atoms with Crippen LogP contribution in [0.3, 0.4) is 0 Å². The SMILES string of the molecule is CC(Oc1ccc(Cl)c(Cl)c1)C(=O)N1CC2CCC(N)C2C1.Cl. The molecule has 23 heavy (non-hydrogen) atoms. The van der Waals surface area contributed by atoms with Gasteiger partial charge in [-0.2, -0.15) is 0 Å². The van der Waals surface area contributed by atoms with Crippen molar-refractivity contribution in [2.45, 2.75) is 31.9 Å². The van der Waals surface area contributed by atoms with Gasteiger partial charge in [0, 0.05) is 25.2 Å². The van der Waals surface area contributed by atoms with Gasteiger partial charge in [0.15, 0.2) is 6.10 Å². The third-order valence-corrected chi connectivity index (χ3v) is 5.51. The molecule has 0 bridgehead atoms. The number of rotatable bonds is 3. The van der Waals surface area contributed by atoms with E-state index >= 15 is 0 Å².